The van der Waals surface area contributed by atoms with Crippen molar-refractivity contribution in [2.75, 3.05) is 7.05 Å². The van der Waals surface area contributed by atoms with E-state index in [4.69, 9.17) is 12.2 Å². The van der Waals surface area contributed by atoms with Gasteiger partial charge in [-0.05, 0) is 28.9 Å². The molecule has 0 saturated heterocycles. The summed E-state index contributed by atoms with van der Waals surface area (Å²) in [6.45, 7) is 0.625. The third kappa shape index (κ3) is 5.19. The molecular formula is C17H16N3O2S-. The number of carbonyl (C=O) groups is 1. The van der Waals surface area contributed by atoms with Gasteiger partial charge >= 0.3 is 0 Å². The van der Waals surface area contributed by atoms with Crippen LogP contribution in [0.1, 0.15) is 21.5 Å². The summed E-state index contributed by atoms with van der Waals surface area (Å²) in [5, 5.41) is 20.1. The van der Waals surface area contributed by atoms with Crippen LogP contribution >= 0.6 is 12.2 Å². The molecule has 0 unspecified atom stereocenters. The standard InChI is InChI=1S/C17H17N3O2S/c1-20(17(23)18-11-13-5-3-2-4-6-13)19-12-14-7-9-15(10-8-14)16(21)22/h2-10,12H,11H2,1H3,(H,18,23)(H,21,22)/p-1/b19-12-. The molecule has 2 rings (SSSR count). The highest BCUT2D eigenvalue weighted by atomic mass is 32.1. The Hall–Kier alpha value is -2.73. The van der Waals surface area contributed by atoms with Gasteiger partial charge in [0.15, 0.2) is 5.11 Å². The van der Waals surface area contributed by atoms with Gasteiger partial charge < -0.3 is 15.2 Å². The van der Waals surface area contributed by atoms with Crippen LogP contribution in [0, 0.1) is 0 Å². The summed E-state index contributed by atoms with van der Waals surface area (Å²) in [6, 6.07) is 16.2. The molecule has 2 aromatic rings. The molecule has 5 nitrogen and oxygen atoms in total. The number of aromatic carboxylic acids is 1. The van der Waals surface area contributed by atoms with E-state index in [2.05, 4.69) is 10.4 Å². The number of hydrazone groups is 1. The lowest BCUT2D eigenvalue weighted by molar-refractivity contribution is -0.255. The molecule has 0 bridgehead atoms. The molecule has 0 saturated carbocycles. The van der Waals surface area contributed by atoms with Gasteiger partial charge in [0, 0.05) is 13.6 Å². The Morgan fingerprint density at radius 1 is 1.22 bits per heavy atom. The van der Waals surface area contributed by atoms with Crippen molar-refractivity contribution < 1.29 is 9.90 Å². The summed E-state index contributed by atoms with van der Waals surface area (Å²) in [7, 11) is 1.74. The summed E-state index contributed by atoms with van der Waals surface area (Å²) in [4.78, 5) is 10.7. The summed E-state index contributed by atoms with van der Waals surface area (Å²) in [6.07, 6.45) is 1.61. The predicted molar refractivity (Wildman–Crippen MR) is 92.0 cm³/mol. The summed E-state index contributed by atoms with van der Waals surface area (Å²) < 4.78 is 0. The molecule has 0 radical (unpaired) electrons. The fourth-order valence-corrected chi connectivity index (χ4v) is 1.92. The van der Waals surface area contributed by atoms with Crippen LogP contribution in [0.3, 0.4) is 0 Å². The van der Waals surface area contributed by atoms with Gasteiger partial charge in [-0.2, -0.15) is 5.10 Å². The fraction of sp³-hybridized carbons (Fsp3) is 0.118. The molecule has 2 aromatic carbocycles. The van der Waals surface area contributed by atoms with Crippen LogP contribution in [-0.2, 0) is 6.54 Å². The number of nitrogens with zero attached hydrogens (tertiary/aromatic N) is 2. The van der Waals surface area contributed by atoms with Crippen molar-refractivity contribution >= 4 is 29.5 Å². The van der Waals surface area contributed by atoms with E-state index in [0.29, 0.717) is 11.7 Å². The van der Waals surface area contributed by atoms with Crippen molar-refractivity contribution in [3.8, 4) is 0 Å². The number of nitrogens with one attached hydrogen (secondary N) is 1. The van der Waals surface area contributed by atoms with Crippen molar-refractivity contribution in [2.45, 2.75) is 6.54 Å². The van der Waals surface area contributed by atoms with Gasteiger partial charge in [-0.1, -0.05) is 54.6 Å². The van der Waals surface area contributed by atoms with Crippen molar-refractivity contribution in [3.63, 3.8) is 0 Å². The van der Waals surface area contributed by atoms with Crippen LogP contribution in [0.2, 0.25) is 0 Å². The number of rotatable bonds is 5. The van der Waals surface area contributed by atoms with Crippen LogP contribution in [0.5, 0.6) is 0 Å². The average molecular weight is 326 g/mol. The van der Waals surface area contributed by atoms with Crippen LogP contribution < -0.4 is 10.4 Å². The van der Waals surface area contributed by atoms with E-state index in [1.807, 2.05) is 30.3 Å². The lowest BCUT2D eigenvalue weighted by Crippen LogP contribution is -2.33. The Kier molecular flexibility index (Phi) is 5.82. The second-order valence-corrected chi connectivity index (χ2v) is 5.21. The third-order valence-electron chi connectivity index (χ3n) is 3.11. The maximum Gasteiger partial charge on any atom is 0.189 e. The number of carbonyl (C=O) groups excluding carboxylic acids is 1. The van der Waals surface area contributed by atoms with Gasteiger partial charge in [0.25, 0.3) is 0 Å². The third-order valence-corrected chi connectivity index (χ3v) is 3.52. The zero-order valence-corrected chi connectivity index (χ0v) is 13.4. The van der Waals surface area contributed by atoms with E-state index in [9.17, 15) is 9.90 Å². The number of benzene rings is 2. The van der Waals surface area contributed by atoms with E-state index >= 15 is 0 Å². The predicted octanol–water partition coefficient (Wildman–Crippen LogP) is 1.39. The monoisotopic (exact) mass is 326 g/mol. The largest absolute Gasteiger partial charge is 0.545 e. The van der Waals surface area contributed by atoms with E-state index < -0.39 is 5.97 Å². The van der Waals surface area contributed by atoms with Gasteiger partial charge in [0.1, 0.15) is 0 Å². The Labute approximate surface area is 140 Å². The second-order valence-electron chi connectivity index (χ2n) is 4.82. The van der Waals surface area contributed by atoms with Crippen LogP contribution in [-0.4, -0.2) is 29.4 Å². The highest BCUT2D eigenvalue weighted by molar-refractivity contribution is 7.80. The maximum atomic E-state index is 10.7. The summed E-state index contributed by atoms with van der Waals surface area (Å²) in [5.41, 5.74) is 2.04. The topological polar surface area (TPSA) is 67.8 Å². The highest BCUT2D eigenvalue weighted by Gasteiger charge is 2.01. The highest BCUT2D eigenvalue weighted by Crippen LogP contribution is 2.02. The zero-order valence-electron chi connectivity index (χ0n) is 12.6. The lowest BCUT2D eigenvalue weighted by atomic mass is 10.1. The van der Waals surface area contributed by atoms with E-state index in [1.165, 1.54) is 12.1 Å². The SMILES string of the molecule is CN(/N=C\c1ccc(C(=O)[O-])cc1)C(=S)NCc1ccccc1. The Morgan fingerprint density at radius 2 is 1.87 bits per heavy atom. The van der Waals surface area contributed by atoms with Crippen molar-refractivity contribution in [1.29, 1.82) is 0 Å². The summed E-state index contributed by atoms with van der Waals surface area (Å²) in [5.74, 6) is -1.20. The second kappa shape index (κ2) is 8.05. The van der Waals surface area contributed by atoms with E-state index in [1.54, 1.807) is 30.4 Å². The first kappa shape index (κ1) is 16.6. The molecule has 6 heteroatoms. The molecule has 0 aliphatic heterocycles. The van der Waals surface area contributed by atoms with Gasteiger partial charge in [-0.25, -0.2) is 5.01 Å². The molecule has 0 aliphatic rings. The van der Waals surface area contributed by atoms with Gasteiger partial charge in [-0.15, -0.1) is 0 Å². The molecule has 0 aromatic heterocycles. The first-order valence-electron chi connectivity index (χ1n) is 6.97. The molecule has 118 valence electrons. The van der Waals surface area contributed by atoms with Gasteiger partial charge in [0.05, 0.1) is 12.2 Å². The molecule has 0 spiro atoms. The van der Waals surface area contributed by atoms with Crippen molar-refractivity contribution in [3.05, 3.63) is 71.3 Å². The minimum absolute atomic E-state index is 0.135. The number of hydrogen-bond acceptors (Lipinski definition) is 4. The first-order valence-corrected chi connectivity index (χ1v) is 7.38. The van der Waals surface area contributed by atoms with Gasteiger partial charge in [0.2, 0.25) is 0 Å². The molecular weight excluding hydrogens is 310 g/mol. The van der Waals surface area contributed by atoms with Crippen LogP contribution in [0.15, 0.2) is 59.7 Å². The van der Waals surface area contributed by atoms with Gasteiger partial charge in [-0.3, -0.25) is 0 Å². The normalized spacial score (nSPS) is 10.5. The van der Waals surface area contributed by atoms with Crippen molar-refractivity contribution in [1.82, 2.24) is 10.3 Å². The minimum atomic E-state index is -1.20. The smallest absolute Gasteiger partial charge is 0.189 e. The first-order chi connectivity index (χ1) is 11.1. The van der Waals surface area contributed by atoms with E-state index in [0.717, 1.165) is 11.1 Å². The summed E-state index contributed by atoms with van der Waals surface area (Å²) >= 11 is 5.26. The molecule has 0 amide bonds. The van der Waals surface area contributed by atoms with Crippen LogP contribution in [0.4, 0.5) is 0 Å². The fourth-order valence-electron chi connectivity index (χ4n) is 1.80. The molecule has 23 heavy (non-hydrogen) atoms. The lowest BCUT2D eigenvalue weighted by Gasteiger charge is -2.15. The zero-order chi connectivity index (χ0) is 16.7. The number of carboxylic acids is 1. The Balaban J connectivity index is 1.88. The number of thiocarbonyl (C=S) groups is 1. The number of hydrogen-bond donors (Lipinski definition) is 1. The molecule has 0 heterocycles. The quantitative estimate of drug-likeness (QED) is 0.511. The maximum absolute atomic E-state index is 10.7. The molecule has 0 aliphatic carbocycles. The van der Waals surface area contributed by atoms with E-state index in [-0.39, 0.29) is 5.56 Å². The molecule has 1 N–H and O–H groups in total. The minimum Gasteiger partial charge on any atom is -0.545 e. The Bertz CT molecular complexity index is 700. The van der Waals surface area contributed by atoms with Crippen LogP contribution in [0.25, 0.3) is 0 Å². The average Bonchev–Trinajstić information content (AvgIpc) is 2.58. The number of carboxylic acid groups (broad SMARTS) is 1. The molecule has 0 atom stereocenters. The van der Waals surface area contributed by atoms with Crippen molar-refractivity contribution in [2.24, 2.45) is 5.10 Å². The Morgan fingerprint density at radius 3 is 2.48 bits per heavy atom. The molecule has 0 fully saturated rings.